The van der Waals surface area contributed by atoms with Crippen molar-refractivity contribution in [2.75, 3.05) is 13.2 Å². The summed E-state index contributed by atoms with van der Waals surface area (Å²) in [6.45, 7) is 3.91. The van der Waals surface area contributed by atoms with Crippen LogP contribution in [0.15, 0.2) is 54.7 Å². The molecule has 0 bridgehead atoms. The van der Waals surface area contributed by atoms with Gasteiger partial charge in [0.05, 0.1) is 33.8 Å². The zero-order chi connectivity index (χ0) is 24.5. The number of rotatable bonds is 7. The van der Waals surface area contributed by atoms with E-state index in [0.717, 1.165) is 26.7 Å². The summed E-state index contributed by atoms with van der Waals surface area (Å²) in [5.74, 6) is -0.289. The first-order valence-corrected chi connectivity index (χ1v) is 11.7. The van der Waals surface area contributed by atoms with Crippen LogP contribution in [-0.4, -0.2) is 33.9 Å². The summed E-state index contributed by atoms with van der Waals surface area (Å²) in [5.41, 5.74) is 1.82. The molecule has 0 saturated carbocycles. The van der Waals surface area contributed by atoms with Crippen molar-refractivity contribution in [1.82, 2.24) is 15.1 Å². The summed E-state index contributed by atoms with van der Waals surface area (Å²) in [5, 5.41) is 17.3. The number of carbonyl (C=O) groups excluding carboxylic acids is 1. The van der Waals surface area contributed by atoms with E-state index < -0.39 is 11.7 Å². The first-order valence-electron chi connectivity index (χ1n) is 10.8. The monoisotopic (exact) mass is 487 g/mol. The Morgan fingerprint density at radius 2 is 1.94 bits per heavy atom. The maximum absolute atomic E-state index is 13.1. The van der Waals surface area contributed by atoms with Crippen molar-refractivity contribution in [3.8, 4) is 5.69 Å². The van der Waals surface area contributed by atoms with E-state index in [1.165, 1.54) is 23.5 Å². The van der Waals surface area contributed by atoms with Crippen LogP contribution in [0.4, 0.5) is 13.2 Å². The summed E-state index contributed by atoms with van der Waals surface area (Å²) in [7, 11) is 0. The molecule has 5 nitrogen and oxygen atoms in total. The average Bonchev–Trinajstić information content (AvgIpc) is 3.41. The molecule has 4 rings (SSSR count). The Bertz CT molecular complexity index is 1320. The molecular formula is C25H24F3N3O2S. The molecule has 178 valence electrons. The van der Waals surface area contributed by atoms with Gasteiger partial charge in [-0.05, 0) is 35.1 Å². The highest BCUT2D eigenvalue weighted by atomic mass is 32.1. The van der Waals surface area contributed by atoms with E-state index in [2.05, 4.69) is 10.4 Å². The van der Waals surface area contributed by atoms with Gasteiger partial charge in [0.25, 0.3) is 5.91 Å². The van der Waals surface area contributed by atoms with Crippen LogP contribution in [0.3, 0.4) is 0 Å². The number of nitrogens with one attached hydrogen (secondary N) is 1. The summed E-state index contributed by atoms with van der Waals surface area (Å²) in [4.78, 5) is 13.5. The van der Waals surface area contributed by atoms with Crippen LogP contribution >= 0.6 is 11.3 Å². The Kier molecular flexibility index (Phi) is 6.77. The van der Waals surface area contributed by atoms with Gasteiger partial charge in [0, 0.05) is 24.0 Å². The van der Waals surface area contributed by atoms with E-state index in [4.69, 9.17) is 5.11 Å². The number of thiophene rings is 1. The lowest BCUT2D eigenvalue weighted by atomic mass is 10.1. The molecule has 0 spiro atoms. The fraction of sp³-hybridized carbons (Fsp3) is 0.280. The molecule has 1 amide bonds. The zero-order valence-electron chi connectivity index (χ0n) is 18.7. The largest absolute Gasteiger partial charge is 0.416 e. The zero-order valence-corrected chi connectivity index (χ0v) is 19.5. The van der Waals surface area contributed by atoms with Crippen molar-refractivity contribution < 1.29 is 23.1 Å². The highest BCUT2D eigenvalue weighted by molar-refractivity contribution is 7.19. The fourth-order valence-electron chi connectivity index (χ4n) is 3.80. The molecule has 2 heterocycles. The Balaban J connectivity index is 1.70. The van der Waals surface area contributed by atoms with Gasteiger partial charge in [0.2, 0.25) is 0 Å². The highest BCUT2D eigenvalue weighted by Crippen LogP contribution is 2.34. The third kappa shape index (κ3) is 5.00. The summed E-state index contributed by atoms with van der Waals surface area (Å²) in [6, 6.07) is 13.1. The quantitative estimate of drug-likeness (QED) is 0.360. The van der Waals surface area contributed by atoms with Crippen molar-refractivity contribution in [1.29, 1.82) is 0 Å². The molecule has 0 aliphatic rings. The van der Waals surface area contributed by atoms with Crippen molar-refractivity contribution in [3.05, 3.63) is 82.0 Å². The van der Waals surface area contributed by atoms with Gasteiger partial charge in [-0.2, -0.15) is 18.3 Å². The van der Waals surface area contributed by atoms with Crippen LogP contribution in [0.2, 0.25) is 0 Å². The van der Waals surface area contributed by atoms with E-state index >= 15 is 0 Å². The number of alkyl halides is 3. The lowest BCUT2D eigenvalue weighted by Gasteiger charge is -2.08. The van der Waals surface area contributed by atoms with Crippen LogP contribution in [0.1, 0.15) is 51.8 Å². The van der Waals surface area contributed by atoms with Crippen molar-refractivity contribution in [3.63, 3.8) is 0 Å². The number of benzene rings is 2. The molecule has 2 aromatic heterocycles. The summed E-state index contributed by atoms with van der Waals surface area (Å²) in [6.07, 6.45) is -2.31. The van der Waals surface area contributed by atoms with E-state index in [-0.39, 0.29) is 25.0 Å². The number of aliphatic hydroxyl groups excluding tert-OH is 1. The minimum Gasteiger partial charge on any atom is -0.395 e. The van der Waals surface area contributed by atoms with Gasteiger partial charge in [0.15, 0.2) is 0 Å². The predicted molar refractivity (Wildman–Crippen MR) is 127 cm³/mol. The number of hydrogen-bond donors (Lipinski definition) is 2. The highest BCUT2D eigenvalue weighted by Gasteiger charge is 2.30. The molecular weight excluding hydrogens is 463 g/mol. The number of nitrogens with zero attached hydrogens (tertiary/aromatic N) is 2. The van der Waals surface area contributed by atoms with Gasteiger partial charge in [-0.1, -0.05) is 44.2 Å². The number of fused-ring (bicyclic) bond motifs is 1. The first-order chi connectivity index (χ1) is 16.2. The smallest absolute Gasteiger partial charge is 0.395 e. The second-order valence-corrected chi connectivity index (χ2v) is 9.43. The first kappa shape index (κ1) is 24.0. The van der Waals surface area contributed by atoms with Gasteiger partial charge < -0.3 is 10.4 Å². The lowest BCUT2D eigenvalue weighted by Crippen LogP contribution is -2.27. The van der Waals surface area contributed by atoms with E-state index in [1.807, 2.05) is 38.1 Å². The van der Waals surface area contributed by atoms with Crippen LogP contribution in [0, 0.1) is 0 Å². The molecule has 0 atom stereocenters. The second kappa shape index (κ2) is 9.60. The molecule has 2 N–H and O–H groups in total. The normalized spacial score (nSPS) is 12.0. The SMILES string of the molecule is CC(C)c1nn(-c2cccc3cc(Cc4cccc(C(F)(F)F)c4)sc23)cc1C(=O)NCCO. The third-order valence-electron chi connectivity index (χ3n) is 5.39. The van der Waals surface area contributed by atoms with Crippen molar-refractivity contribution in [2.24, 2.45) is 0 Å². The third-order valence-corrected chi connectivity index (χ3v) is 6.56. The minimum absolute atomic E-state index is 0.00938. The van der Waals surface area contributed by atoms with Crippen LogP contribution in [-0.2, 0) is 12.6 Å². The minimum atomic E-state index is -4.38. The summed E-state index contributed by atoms with van der Waals surface area (Å²) >= 11 is 1.50. The molecule has 34 heavy (non-hydrogen) atoms. The second-order valence-electron chi connectivity index (χ2n) is 8.29. The molecule has 2 aromatic carbocycles. The van der Waals surface area contributed by atoms with Gasteiger partial charge >= 0.3 is 6.18 Å². The van der Waals surface area contributed by atoms with Crippen molar-refractivity contribution in [2.45, 2.75) is 32.4 Å². The molecule has 0 saturated heterocycles. The number of hydrogen-bond acceptors (Lipinski definition) is 4. The molecule has 0 radical (unpaired) electrons. The number of amides is 1. The van der Waals surface area contributed by atoms with Crippen LogP contribution < -0.4 is 5.32 Å². The number of carbonyl (C=O) groups is 1. The maximum atomic E-state index is 13.1. The summed E-state index contributed by atoms with van der Waals surface area (Å²) < 4.78 is 41.9. The Hall–Kier alpha value is -3.17. The maximum Gasteiger partial charge on any atom is 0.416 e. The standard InChI is InChI=1S/C25H24F3N3O2S/c1-15(2)22-20(24(33)29-9-10-32)14-31(30-22)21-8-4-6-17-13-19(34-23(17)21)12-16-5-3-7-18(11-16)25(26,27)28/h3-8,11,13-15,32H,9-10,12H2,1-2H3,(H,29,33). The lowest BCUT2D eigenvalue weighted by molar-refractivity contribution is -0.137. The van der Waals surface area contributed by atoms with Gasteiger partial charge in [-0.25, -0.2) is 4.68 Å². The Morgan fingerprint density at radius 3 is 2.65 bits per heavy atom. The van der Waals surface area contributed by atoms with Gasteiger partial charge in [0.1, 0.15) is 0 Å². The van der Waals surface area contributed by atoms with Crippen LogP contribution in [0.5, 0.6) is 0 Å². The molecule has 0 fully saturated rings. The Labute approximate surface area is 198 Å². The molecule has 9 heteroatoms. The molecule has 0 aliphatic carbocycles. The van der Waals surface area contributed by atoms with Crippen molar-refractivity contribution >= 4 is 27.3 Å². The molecule has 0 aliphatic heterocycles. The molecule has 0 unspecified atom stereocenters. The number of aliphatic hydroxyl groups is 1. The average molecular weight is 488 g/mol. The topological polar surface area (TPSA) is 67.2 Å². The molecule has 4 aromatic rings. The van der Waals surface area contributed by atoms with E-state index in [0.29, 0.717) is 23.2 Å². The fourth-order valence-corrected chi connectivity index (χ4v) is 5.00. The number of aromatic nitrogens is 2. The van der Waals surface area contributed by atoms with Gasteiger partial charge in [-0.15, -0.1) is 11.3 Å². The van der Waals surface area contributed by atoms with Crippen LogP contribution in [0.25, 0.3) is 15.8 Å². The number of halogens is 3. The Morgan fingerprint density at radius 1 is 1.18 bits per heavy atom. The van der Waals surface area contributed by atoms with E-state index in [1.54, 1.807) is 16.9 Å². The van der Waals surface area contributed by atoms with Gasteiger partial charge in [-0.3, -0.25) is 4.79 Å². The predicted octanol–water partition coefficient (Wildman–Crippen LogP) is 5.54. The van der Waals surface area contributed by atoms with E-state index in [9.17, 15) is 18.0 Å².